The number of pyridine rings is 1. The van der Waals surface area contributed by atoms with E-state index in [-0.39, 0.29) is 0 Å². The molecule has 0 aliphatic carbocycles. The molecule has 0 bridgehead atoms. The maximum absolute atomic E-state index is 6.03. The Morgan fingerprint density at radius 1 is 1.65 bits per heavy atom. The number of likely N-dealkylation sites (tertiary alicyclic amines) is 1. The van der Waals surface area contributed by atoms with Crippen LogP contribution >= 0.6 is 27.5 Å². The second-order valence-corrected chi connectivity index (χ2v) is 5.68. The fourth-order valence-electron chi connectivity index (χ4n) is 2.14. The van der Waals surface area contributed by atoms with Crippen LogP contribution in [0.15, 0.2) is 16.7 Å². The van der Waals surface area contributed by atoms with Crippen LogP contribution in [0.4, 0.5) is 0 Å². The van der Waals surface area contributed by atoms with Gasteiger partial charge < -0.3 is 9.64 Å². The molecule has 1 saturated heterocycles. The second kappa shape index (κ2) is 6.03. The van der Waals surface area contributed by atoms with E-state index in [0.29, 0.717) is 23.6 Å². The summed E-state index contributed by atoms with van der Waals surface area (Å²) >= 11 is 9.34. The fraction of sp³-hybridized carbons (Fsp3) is 0.583. The molecular formula is C12H16BrClN2O. The summed E-state index contributed by atoms with van der Waals surface area (Å²) < 4.78 is 6.48. The average molecular weight is 320 g/mol. The van der Waals surface area contributed by atoms with E-state index in [4.69, 9.17) is 16.3 Å². The number of rotatable bonds is 4. The zero-order valence-corrected chi connectivity index (χ0v) is 12.2. The Morgan fingerprint density at radius 3 is 3.12 bits per heavy atom. The van der Waals surface area contributed by atoms with Crippen molar-refractivity contribution in [3.05, 3.63) is 21.8 Å². The normalized spacial score (nSPS) is 20.8. The Hall–Kier alpha value is -0.320. The fourth-order valence-corrected chi connectivity index (χ4v) is 2.83. The van der Waals surface area contributed by atoms with Crippen LogP contribution < -0.4 is 4.74 Å². The molecule has 17 heavy (non-hydrogen) atoms. The lowest BCUT2D eigenvalue weighted by atomic mass is 10.1. The monoisotopic (exact) mass is 318 g/mol. The van der Waals surface area contributed by atoms with Gasteiger partial charge in [0, 0.05) is 16.7 Å². The number of aromatic nitrogens is 1. The molecule has 1 aliphatic rings. The summed E-state index contributed by atoms with van der Waals surface area (Å²) in [4.78, 5) is 6.54. The van der Waals surface area contributed by atoms with Crippen molar-refractivity contribution >= 4 is 27.5 Å². The Labute approximate surface area is 115 Å². The first kappa shape index (κ1) is 13.1. The maximum Gasteiger partial charge on any atom is 0.232 e. The molecular weight excluding hydrogens is 304 g/mol. The van der Waals surface area contributed by atoms with Crippen LogP contribution in [0, 0.1) is 0 Å². The number of hydrogen-bond donors (Lipinski definition) is 0. The van der Waals surface area contributed by atoms with Crippen molar-refractivity contribution in [3.8, 4) is 5.88 Å². The summed E-state index contributed by atoms with van der Waals surface area (Å²) in [7, 11) is 2.17. The number of nitrogens with zero attached hydrogens (tertiary/aromatic N) is 2. The van der Waals surface area contributed by atoms with Crippen LogP contribution in [0.5, 0.6) is 5.88 Å². The third-order valence-corrected chi connectivity index (χ3v) is 3.84. The standard InChI is InChI=1S/C12H16BrClN2O/c1-16-5-2-3-10(16)4-6-17-12-11(14)7-9(13)8-15-12/h7-8,10H,2-6H2,1H3. The van der Waals surface area contributed by atoms with Crippen LogP contribution in [0.25, 0.3) is 0 Å². The highest BCUT2D eigenvalue weighted by atomic mass is 79.9. The molecule has 0 amide bonds. The molecule has 94 valence electrons. The topological polar surface area (TPSA) is 25.4 Å². The Balaban J connectivity index is 1.81. The molecule has 0 N–H and O–H groups in total. The van der Waals surface area contributed by atoms with Gasteiger partial charge in [-0.25, -0.2) is 4.98 Å². The molecule has 0 radical (unpaired) electrons. The van der Waals surface area contributed by atoms with Gasteiger partial charge in [-0.05, 0) is 54.9 Å². The molecule has 0 aromatic carbocycles. The predicted octanol–water partition coefficient (Wildman–Crippen LogP) is 3.36. The predicted molar refractivity (Wildman–Crippen MR) is 72.7 cm³/mol. The Kier molecular flexibility index (Phi) is 4.65. The lowest BCUT2D eigenvalue weighted by Gasteiger charge is -2.19. The summed E-state index contributed by atoms with van der Waals surface area (Å²) in [6.45, 7) is 1.87. The lowest BCUT2D eigenvalue weighted by Crippen LogP contribution is -2.26. The third kappa shape index (κ3) is 3.57. The molecule has 0 spiro atoms. The van der Waals surface area contributed by atoms with Crippen molar-refractivity contribution in [1.29, 1.82) is 0 Å². The van der Waals surface area contributed by atoms with Gasteiger partial charge in [0.25, 0.3) is 0 Å². The highest BCUT2D eigenvalue weighted by molar-refractivity contribution is 9.10. The third-order valence-electron chi connectivity index (χ3n) is 3.14. The first-order valence-electron chi connectivity index (χ1n) is 5.81. The molecule has 1 fully saturated rings. The molecule has 0 saturated carbocycles. The van der Waals surface area contributed by atoms with E-state index in [0.717, 1.165) is 10.9 Å². The van der Waals surface area contributed by atoms with Gasteiger partial charge in [-0.3, -0.25) is 0 Å². The van der Waals surface area contributed by atoms with Gasteiger partial charge in [0.15, 0.2) is 0 Å². The van der Waals surface area contributed by atoms with Crippen LogP contribution in [0.2, 0.25) is 5.02 Å². The zero-order valence-electron chi connectivity index (χ0n) is 9.83. The average Bonchev–Trinajstić information content (AvgIpc) is 2.68. The molecule has 2 rings (SSSR count). The smallest absolute Gasteiger partial charge is 0.232 e. The van der Waals surface area contributed by atoms with Gasteiger partial charge in [-0.15, -0.1) is 0 Å². The molecule has 1 atom stereocenters. The van der Waals surface area contributed by atoms with Gasteiger partial charge >= 0.3 is 0 Å². The number of halogens is 2. The Morgan fingerprint density at radius 2 is 2.47 bits per heavy atom. The minimum absolute atomic E-state index is 0.524. The summed E-state index contributed by atoms with van der Waals surface area (Å²) in [5.41, 5.74) is 0. The summed E-state index contributed by atoms with van der Waals surface area (Å²) in [6, 6.07) is 2.44. The second-order valence-electron chi connectivity index (χ2n) is 4.35. The van der Waals surface area contributed by atoms with Gasteiger partial charge in [0.05, 0.1) is 6.61 Å². The summed E-state index contributed by atoms with van der Waals surface area (Å²) in [5, 5.41) is 0.555. The van der Waals surface area contributed by atoms with E-state index in [1.807, 2.05) is 0 Å². The van der Waals surface area contributed by atoms with Crippen molar-refractivity contribution < 1.29 is 4.74 Å². The molecule has 1 unspecified atom stereocenters. The maximum atomic E-state index is 6.03. The molecule has 1 aromatic heterocycles. The quantitative estimate of drug-likeness (QED) is 0.851. The van der Waals surface area contributed by atoms with Gasteiger partial charge in [-0.1, -0.05) is 11.6 Å². The van der Waals surface area contributed by atoms with Crippen molar-refractivity contribution in [3.63, 3.8) is 0 Å². The molecule has 2 heterocycles. The Bertz CT molecular complexity index is 389. The molecule has 3 nitrogen and oxygen atoms in total. The minimum atomic E-state index is 0.524. The molecule has 1 aliphatic heterocycles. The molecule has 1 aromatic rings. The van der Waals surface area contributed by atoms with Gasteiger partial charge in [0.1, 0.15) is 5.02 Å². The number of hydrogen-bond acceptors (Lipinski definition) is 3. The van der Waals surface area contributed by atoms with Crippen LogP contribution in [0.1, 0.15) is 19.3 Å². The first-order valence-corrected chi connectivity index (χ1v) is 6.98. The summed E-state index contributed by atoms with van der Waals surface area (Å²) in [5.74, 6) is 0.524. The molecule has 5 heteroatoms. The van der Waals surface area contributed by atoms with Crippen LogP contribution in [-0.2, 0) is 0 Å². The first-order chi connectivity index (χ1) is 8.16. The van der Waals surface area contributed by atoms with E-state index in [2.05, 4.69) is 32.9 Å². The minimum Gasteiger partial charge on any atom is -0.477 e. The van der Waals surface area contributed by atoms with Crippen LogP contribution in [0.3, 0.4) is 0 Å². The SMILES string of the molecule is CN1CCCC1CCOc1ncc(Br)cc1Cl. The van der Waals surface area contributed by atoms with E-state index >= 15 is 0 Å². The van der Waals surface area contributed by atoms with Crippen LogP contribution in [-0.4, -0.2) is 36.1 Å². The van der Waals surface area contributed by atoms with Crippen molar-refractivity contribution in [1.82, 2.24) is 9.88 Å². The van der Waals surface area contributed by atoms with E-state index in [9.17, 15) is 0 Å². The lowest BCUT2D eigenvalue weighted by molar-refractivity contribution is 0.228. The van der Waals surface area contributed by atoms with Crippen molar-refractivity contribution in [2.24, 2.45) is 0 Å². The van der Waals surface area contributed by atoms with E-state index in [1.54, 1.807) is 12.3 Å². The van der Waals surface area contributed by atoms with Gasteiger partial charge in [0.2, 0.25) is 5.88 Å². The van der Waals surface area contributed by atoms with Crippen molar-refractivity contribution in [2.45, 2.75) is 25.3 Å². The van der Waals surface area contributed by atoms with Crippen molar-refractivity contribution in [2.75, 3.05) is 20.2 Å². The highest BCUT2D eigenvalue weighted by Gasteiger charge is 2.20. The zero-order chi connectivity index (χ0) is 12.3. The highest BCUT2D eigenvalue weighted by Crippen LogP contribution is 2.25. The summed E-state index contributed by atoms with van der Waals surface area (Å²) in [6.07, 6.45) is 5.29. The van der Waals surface area contributed by atoms with E-state index < -0.39 is 0 Å². The van der Waals surface area contributed by atoms with Gasteiger partial charge in [-0.2, -0.15) is 0 Å². The largest absolute Gasteiger partial charge is 0.477 e. The number of ether oxygens (including phenoxy) is 1. The van der Waals surface area contributed by atoms with E-state index in [1.165, 1.54) is 19.4 Å².